The number of nitrogens with one attached hydrogen (secondary N) is 1. The molecule has 1 aliphatic carbocycles. The lowest BCUT2D eigenvalue weighted by Crippen LogP contribution is -2.53. The topological polar surface area (TPSA) is 114 Å². The van der Waals surface area contributed by atoms with Gasteiger partial charge in [0.05, 0.1) is 10.5 Å². The van der Waals surface area contributed by atoms with Crippen LogP contribution in [0.5, 0.6) is 0 Å². The van der Waals surface area contributed by atoms with E-state index in [-0.39, 0.29) is 17.6 Å². The van der Waals surface area contributed by atoms with Gasteiger partial charge in [-0.15, -0.1) is 0 Å². The molecule has 2 aliphatic rings. The highest BCUT2D eigenvalue weighted by Gasteiger charge is 2.41. The zero-order valence-corrected chi connectivity index (χ0v) is 12.9. The van der Waals surface area contributed by atoms with E-state index in [9.17, 15) is 14.9 Å². The number of nitrogens with zero attached hydrogens (tertiary/aromatic N) is 3. The van der Waals surface area contributed by atoms with Gasteiger partial charge in [0.2, 0.25) is 5.91 Å². The maximum absolute atomic E-state index is 12.6. The Morgan fingerprint density at radius 3 is 2.78 bits per heavy atom. The van der Waals surface area contributed by atoms with Crippen LogP contribution in [0, 0.1) is 10.1 Å². The molecular weight excluding hydrogens is 298 g/mol. The van der Waals surface area contributed by atoms with Gasteiger partial charge in [-0.1, -0.05) is 12.8 Å². The monoisotopic (exact) mass is 319 g/mol. The number of nitrogens with two attached hydrogens (primary N) is 1. The minimum atomic E-state index is -0.680. The molecule has 1 amide bonds. The van der Waals surface area contributed by atoms with Crippen LogP contribution in [0.1, 0.15) is 32.1 Å². The normalized spacial score (nSPS) is 23.0. The van der Waals surface area contributed by atoms with Crippen LogP contribution in [0.2, 0.25) is 0 Å². The molecule has 0 radical (unpaired) electrons. The summed E-state index contributed by atoms with van der Waals surface area (Å²) in [6.07, 6.45) is 5.62. The van der Waals surface area contributed by atoms with Crippen LogP contribution in [0.3, 0.4) is 0 Å². The number of hydrogen-bond donors (Lipinski definition) is 2. The minimum Gasteiger partial charge on any atom is -0.365 e. The van der Waals surface area contributed by atoms with Gasteiger partial charge < -0.3 is 16.0 Å². The number of carbonyl (C=O) groups is 1. The molecule has 0 spiro atoms. The number of pyridine rings is 1. The molecule has 1 aromatic heterocycles. The molecule has 8 heteroatoms. The van der Waals surface area contributed by atoms with Crippen LogP contribution < -0.4 is 11.1 Å². The van der Waals surface area contributed by atoms with Crippen molar-refractivity contribution in [1.29, 1.82) is 0 Å². The SMILES string of the molecule is NC1(C(=O)N2CCC(Nc3ccc([N+](=O)[O-])cn3)C2)CCCC1. The Balaban J connectivity index is 1.57. The molecule has 0 aromatic carbocycles. The van der Waals surface area contributed by atoms with E-state index in [4.69, 9.17) is 5.73 Å². The van der Waals surface area contributed by atoms with Gasteiger partial charge in [-0.3, -0.25) is 14.9 Å². The number of rotatable bonds is 4. The maximum Gasteiger partial charge on any atom is 0.287 e. The average molecular weight is 319 g/mol. The van der Waals surface area contributed by atoms with Crippen LogP contribution in [0.4, 0.5) is 11.5 Å². The fourth-order valence-corrected chi connectivity index (χ4v) is 3.39. The highest BCUT2D eigenvalue weighted by Crippen LogP contribution is 2.30. The molecule has 2 fully saturated rings. The molecule has 1 unspecified atom stereocenters. The number of nitro groups is 1. The number of amides is 1. The van der Waals surface area contributed by atoms with Crippen molar-refractivity contribution in [2.24, 2.45) is 5.73 Å². The fraction of sp³-hybridized carbons (Fsp3) is 0.600. The van der Waals surface area contributed by atoms with Gasteiger partial charge in [-0.2, -0.15) is 0 Å². The predicted octanol–water partition coefficient (Wildman–Crippen LogP) is 1.27. The highest BCUT2D eigenvalue weighted by atomic mass is 16.6. The molecule has 0 bridgehead atoms. The number of carbonyl (C=O) groups excluding carboxylic acids is 1. The quantitative estimate of drug-likeness (QED) is 0.638. The molecule has 8 nitrogen and oxygen atoms in total. The third-order valence-corrected chi connectivity index (χ3v) is 4.71. The summed E-state index contributed by atoms with van der Waals surface area (Å²) in [5.74, 6) is 0.634. The average Bonchev–Trinajstić information content (AvgIpc) is 3.17. The zero-order chi connectivity index (χ0) is 16.4. The zero-order valence-electron chi connectivity index (χ0n) is 12.9. The molecule has 1 aliphatic heterocycles. The summed E-state index contributed by atoms with van der Waals surface area (Å²) < 4.78 is 0. The lowest BCUT2D eigenvalue weighted by atomic mass is 9.97. The third kappa shape index (κ3) is 3.26. The highest BCUT2D eigenvalue weighted by molar-refractivity contribution is 5.86. The summed E-state index contributed by atoms with van der Waals surface area (Å²) in [5, 5.41) is 13.8. The van der Waals surface area contributed by atoms with Crippen molar-refractivity contribution in [3.8, 4) is 0 Å². The van der Waals surface area contributed by atoms with E-state index < -0.39 is 10.5 Å². The van der Waals surface area contributed by atoms with Crippen molar-refractivity contribution in [3.05, 3.63) is 28.4 Å². The number of hydrogen-bond acceptors (Lipinski definition) is 6. The van der Waals surface area contributed by atoms with Crippen molar-refractivity contribution in [1.82, 2.24) is 9.88 Å². The largest absolute Gasteiger partial charge is 0.365 e. The predicted molar refractivity (Wildman–Crippen MR) is 84.9 cm³/mol. The lowest BCUT2D eigenvalue weighted by molar-refractivity contribution is -0.385. The van der Waals surface area contributed by atoms with Crippen molar-refractivity contribution in [3.63, 3.8) is 0 Å². The molecule has 2 heterocycles. The standard InChI is InChI=1S/C15H21N5O3/c16-15(6-1-2-7-15)14(21)19-8-5-11(10-19)18-13-4-3-12(9-17-13)20(22)23/h3-4,9,11H,1-2,5-8,10,16H2,(H,17,18). The first-order chi connectivity index (χ1) is 11.0. The Hall–Kier alpha value is -2.22. The molecule has 3 rings (SSSR count). The van der Waals surface area contributed by atoms with E-state index in [1.807, 2.05) is 4.90 Å². The van der Waals surface area contributed by atoms with Gasteiger partial charge in [-0.25, -0.2) is 4.98 Å². The first-order valence-corrected chi connectivity index (χ1v) is 7.93. The van der Waals surface area contributed by atoms with Gasteiger partial charge in [-0.05, 0) is 25.3 Å². The van der Waals surface area contributed by atoms with Crippen molar-refractivity contribution >= 4 is 17.4 Å². The Morgan fingerprint density at radius 1 is 1.43 bits per heavy atom. The van der Waals surface area contributed by atoms with E-state index in [2.05, 4.69) is 10.3 Å². The summed E-state index contributed by atoms with van der Waals surface area (Å²) in [6.45, 7) is 1.28. The second kappa shape index (κ2) is 6.11. The minimum absolute atomic E-state index is 0.0370. The molecule has 1 atom stereocenters. The Bertz CT molecular complexity index is 598. The van der Waals surface area contributed by atoms with Crippen LogP contribution in [0.15, 0.2) is 18.3 Å². The summed E-state index contributed by atoms with van der Waals surface area (Å²) >= 11 is 0. The van der Waals surface area contributed by atoms with Gasteiger partial charge in [0.15, 0.2) is 0 Å². The summed E-state index contributed by atoms with van der Waals surface area (Å²) in [5.41, 5.74) is 5.52. The summed E-state index contributed by atoms with van der Waals surface area (Å²) in [7, 11) is 0. The van der Waals surface area contributed by atoms with Crippen LogP contribution in [0.25, 0.3) is 0 Å². The van der Waals surface area contributed by atoms with E-state index in [1.165, 1.54) is 12.3 Å². The van der Waals surface area contributed by atoms with Gasteiger partial charge in [0.25, 0.3) is 5.69 Å². The summed E-state index contributed by atoms with van der Waals surface area (Å²) in [4.78, 5) is 28.6. The molecule has 23 heavy (non-hydrogen) atoms. The van der Waals surface area contributed by atoms with Gasteiger partial charge >= 0.3 is 0 Å². The van der Waals surface area contributed by atoms with Crippen molar-refractivity contribution < 1.29 is 9.72 Å². The van der Waals surface area contributed by atoms with E-state index >= 15 is 0 Å². The Labute approximate surface area is 134 Å². The molecule has 1 saturated carbocycles. The van der Waals surface area contributed by atoms with Crippen molar-refractivity contribution in [2.45, 2.75) is 43.7 Å². The maximum atomic E-state index is 12.6. The van der Waals surface area contributed by atoms with Gasteiger partial charge in [0.1, 0.15) is 12.0 Å². The van der Waals surface area contributed by atoms with Crippen LogP contribution in [-0.2, 0) is 4.79 Å². The smallest absolute Gasteiger partial charge is 0.287 e. The molecular formula is C15H21N5O3. The molecule has 124 valence electrons. The number of aromatic nitrogens is 1. The first-order valence-electron chi connectivity index (χ1n) is 7.93. The van der Waals surface area contributed by atoms with Crippen molar-refractivity contribution in [2.75, 3.05) is 18.4 Å². The second-order valence-electron chi connectivity index (χ2n) is 6.40. The molecule has 1 aromatic rings. The first kappa shape index (κ1) is 15.7. The number of likely N-dealkylation sites (tertiary alicyclic amines) is 1. The van der Waals surface area contributed by atoms with E-state index in [0.717, 1.165) is 32.1 Å². The molecule has 1 saturated heterocycles. The van der Waals surface area contributed by atoms with E-state index in [1.54, 1.807) is 6.07 Å². The van der Waals surface area contributed by atoms with E-state index in [0.29, 0.717) is 18.9 Å². The van der Waals surface area contributed by atoms with Crippen LogP contribution in [-0.4, -0.2) is 45.4 Å². The summed E-state index contributed by atoms with van der Waals surface area (Å²) in [6, 6.07) is 3.10. The fourth-order valence-electron chi connectivity index (χ4n) is 3.39. The lowest BCUT2D eigenvalue weighted by Gasteiger charge is -2.28. The van der Waals surface area contributed by atoms with Crippen LogP contribution >= 0.6 is 0 Å². The third-order valence-electron chi connectivity index (χ3n) is 4.71. The Kier molecular flexibility index (Phi) is 4.16. The molecule has 3 N–H and O–H groups in total. The second-order valence-corrected chi connectivity index (χ2v) is 6.40. The van der Waals surface area contributed by atoms with Gasteiger partial charge in [0, 0.05) is 25.2 Å². The Morgan fingerprint density at radius 2 is 2.17 bits per heavy atom. The number of anilines is 1.